The minimum atomic E-state index is -1.02. The molecule has 6 rings (SSSR count). The van der Waals surface area contributed by atoms with Gasteiger partial charge in [-0.1, -0.05) is 6.08 Å². The van der Waals surface area contributed by atoms with Crippen LogP contribution < -0.4 is 5.32 Å². The number of nitrogens with one attached hydrogen (secondary N) is 2. The van der Waals surface area contributed by atoms with E-state index >= 15 is 0 Å². The van der Waals surface area contributed by atoms with E-state index in [0.717, 1.165) is 60.2 Å². The Morgan fingerprint density at radius 1 is 1.18 bits per heavy atom. The molecule has 0 radical (unpaired) electrons. The number of H-pyrrole nitrogens is 1. The monoisotopic (exact) mass is 541 g/mol. The maximum absolute atomic E-state index is 13.5. The molecule has 2 amide bonds. The Labute approximate surface area is 233 Å². The van der Waals surface area contributed by atoms with Crippen molar-refractivity contribution >= 4 is 34.6 Å². The number of amides is 2. The fourth-order valence-electron chi connectivity index (χ4n) is 6.06. The number of carbonyl (C=O) groups excluding carboxylic acids is 2. The molecule has 0 spiro atoms. The van der Waals surface area contributed by atoms with E-state index in [2.05, 4.69) is 31.6 Å². The normalized spacial score (nSPS) is 21.8. The molecule has 10 heteroatoms. The van der Waals surface area contributed by atoms with E-state index in [4.69, 9.17) is 4.74 Å². The van der Waals surface area contributed by atoms with Gasteiger partial charge in [-0.2, -0.15) is 5.10 Å². The lowest BCUT2D eigenvalue weighted by Gasteiger charge is -2.33. The fourth-order valence-corrected chi connectivity index (χ4v) is 6.06. The molecule has 208 valence electrons. The summed E-state index contributed by atoms with van der Waals surface area (Å²) in [6.45, 7) is 4.72. The molecule has 2 fully saturated rings. The summed E-state index contributed by atoms with van der Waals surface area (Å²) in [6, 6.07) is 9.60. The molecule has 0 bridgehead atoms. The second kappa shape index (κ2) is 10.9. The molecule has 3 aromatic rings. The third kappa shape index (κ3) is 5.16. The van der Waals surface area contributed by atoms with Crippen molar-refractivity contribution in [2.45, 2.75) is 38.2 Å². The van der Waals surface area contributed by atoms with Crippen LogP contribution in [0.4, 0.5) is 5.69 Å². The first-order valence-electron chi connectivity index (χ1n) is 13.9. The van der Waals surface area contributed by atoms with Crippen molar-refractivity contribution in [1.29, 1.82) is 0 Å². The molecule has 3 aliphatic heterocycles. The van der Waals surface area contributed by atoms with Crippen molar-refractivity contribution in [3.8, 4) is 11.3 Å². The van der Waals surface area contributed by atoms with Crippen LogP contribution in [-0.4, -0.2) is 88.4 Å². The Morgan fingerprint density at radius 3 is 2.77 bits per heavy atom. The van der Waals surface area contributed by atoms with Gasteiger partial charge in [0.15, 0.2) is 5.60 Å². The van der Waals surface area contributed by atoms with Gasteiger partial charge < -0.3 is 15.0 Å². The van der Waals surface area contributed by atoms with Crippen LogP contribution in [0.25, 0.3) is 22.2 Å². The number of hydrogen-bond acceptors (Lipinski definition) is 7. The number of piperidine rings is 1. The number of likely N-dealkylation sites (tertiary alicyclic amines) is 2. The number of rotatable bonds is 7. The van der Waals surface area contributed by atoms with E-state index in [1.807, 2.05) is 53.3 Å². The van der Waals surface area contributed by atoms with Crippen molar-refractivity contribution in [2.24, 2.45) is 10.9 Å². The van der Waals surface area contributed by atoms with Crippen LogP contribution in [0.1, 0.15) is 31.4 Å². The van der Waals surface area contributed by atoms with Crippen molar-refractivity contribution in [3.05, 3.63) is 54.0 Å². The highest BCUT2D eigenvalue weighted by molar-refractivity contribution is 6.01. The summed E-state index contributed by atoms with van der Waals surface area (Å²) in [5, 5.41) is 11.5. The van der Waals surface area contributed by atoms with Gasteiger partial charge in [-0.05, 0) is 56.5 Å². The second-order valence-corrected chi connectivity index (χ2v) is 11.0. The number of hydrogen-bond donors (Lipinski definition) is 2. The molecule has 0 saturated carbocycles. The van der Waals surface area contributed by atoms with E-state index in [1.54, 1.807) is 13.3 Å². The van der Waals surface area contributed by atoms with Gasteiger partial charge in [0.25, 0.3) is 5.91 Å². The van der Waals surface area contributed by atoms with Gasteiger partial charge in [0, 0.05) is 86.1 Å². The predicted octanol–water partition coefficient (Wildman–Crippen LogP) is 3.56. The molecule has 2 N–H and O–H groups in total. The largest absolute Gasteiger partial charge is 0.367 e. The summed E-state index contributed by atoms with van der Waals surface area (Å²) in [4.78, 5) is 39.4. The molecule has 1 unspecified atom stereocenters. The van der Waals surface area contributed by atoms with Gasteiger partial charge in [-0.3, -0.25) is 29.6 Å². The van der Waals surface area contributed by atoms with Gasteiger partial charge in [0.05, 0.1) is 12.1 Å². The predicted molar refractivity (Wildman–Crippen MR) is 154 cm³/mol. The first kappa shape index (κ1) is 26.3. The highest BCUT2D eigenvalue weighted by atomic mass is 16.5. The number of benzene rings is 1. The highest BCUT2D eigenvalue weighted by Gasteiger charge is 2.45. The lowest BCUT2D eigenvalue weighted by molar-refractivity contribution is -0.138. The van der Waals surface area contributed by atoms with Gasteiger partial charge >= 0.3 is 0 Å². The van der Waals surface area contributed by atoms with Gasteiger partial charge in [-0.15, -0.1) is 0 Å². The smallest absolute Gasteiger partial charge is 0.258 e. The van der Waals surface area contributed by atoms with Crippen LogP contribution >= 0.6 is 0 Å². The van der Waals surface area contributed by atoms with E-state index < -0.39 is 5.60 Å². The standard InChI is InChI=1S/C30H35N7O3/c1-20-16-22(7-12-31-20)28-24-17-23(5-6-26(24)34-35-28)33-29(39)30(40-2)10-15-36(19-30)18-27(38)37-13-8-21(9-14-37)25-4-3-11-32-25/h4-7,11-12,16-17,21H,3,8-10,13-15,18-19H2,1-2H3,(H,33,39)(H,34,35). The third-order valence-corrected chi connectivity index (χ3v) is 8.40. The number of aromatic nitrogens is 3. The summed E-state index contributed by atoms with van der Waals surface area (Å²) in [7, 11) is 1.57. The summed E-state index contributed by atoms with van der Waals surface area (Å²) in [6.07, 6.45) is 9.24. The number of allylic oxidation sites excluding steroid dienone is 2. The molecule has 10 nitrogen and oxygen atoms in total. The Balaban J connectivity index is 1.09. The van der Waals surface area contributed by atoms with Crippen LogP contribution in [0, 0.1) is 12.8 Å². The zero-order valence-electron chi connectivity index (χ0n) is 23.0. The minimum absolute atomic E-state index is 0.110. The number of aromatic amines is 1. The number of aliphatic imine (C=N–C) groups is 1. The third-order valence-electron chi connectivity index (χ3n) is 8.40. The van der Waals surface area contributed by atoms with Crippen molar-refractivity contribution in [3.63, 3.8) is 0 Å². The number of anilines is 1. The molecule has 2 aromatic heterocycles. The maximum Gasteiger partial charge on any atom is 0.258 e. The zero-order valence-corrected chi connectivity index (χ0v) is 23.0. The highest BCUT2D eigenvalue weighted by Crippen LogP contribution is 2.32. The second-order valence-electron chi connectivity index (χ2n) is 11.0. The van der Waals surface area contributed by atoms with Crippen molar-refractivity contribution in [2.75, 3.05) is 45.2 Å². The SMILES string of the molecule is COC1(C(=O)Nc2ccc3[nH]nc(-c4ccnc(C)c4)c3c2)CCN(CC(=O)N2CCC(C3=CCC=N3)CC2)C1. The van der Waals surface area contributed by atoms with Crippen LogP contribution in [-0.2, 0) is 14.3 Å². The quantitative estimate of drug-likeness (QED) is 0.473. The Morgan fingerprint density at radius 2 is 2.02 bits per heavy atom. The van der Waals surface area contributed by atoms with Crippen LogP contribution in [0.3, 0.4) is 0 Å². The van der Waals surface area contributed by atoms with E-state index in [9.17, 15) is 9.59 Å². The number of fused-ring (bicyclic) bond motifs is 1. The molecular weight excluding hydrogens is 506 g/mol. The first-order chi connectivity index (χ1) is 19.4. The van der Waals surface area contributed by atoms with Crippen LogP contribution in [0.15, 0.2) is 53.3 Å². The number of pyridine rings is 1. The number of methoxy groups -OCH3 is 1. The lowest BCUT2D eigenvalue weighted by Crippen LogP contribution is -2.49. The number of ether oxygens (including phenoxy) is 1. The number of aryl methyl sites for hydroxylation is 1. The lowest BCUT2D eigenvalue weighted by atomic mass is 9.93. The van der Waals surface area contributed by atoms with Crippen molar-refractivity contribution < 1.29 is 14.3 Å². The molecule has 2 saturated heterocycles. The molecular formula is C30H35N7O3. The maximum atomic E-state index is 13.5. The first-order valence-corrected chi connectivity index (χ1v) is 13.9. The van der Waals surface area contributed by atoms with Gasteiger partial charge in [0.2, 0.25) is 5.91 Å². The zero-order chi connectivity index (χ0) is 27.7. The Hall–Kier alpha value is -3.89. The molecule has 5 heterocycles. The Bertz CT molecular complexity index is 1490. The number of carbonyl (C=O) groups is 2. The Kier molecular flexibility index (Phi) is 7.20. The average Bonchev–Trinajstić information content (AvgIpc) is 3.73. The minimum Gasteiger partial charge on any atom is -0.367 e. The van der Waals surface area contributed by atoms with Crippen molar-refractivity contribution in [1.82, 2.24) is 25.0 Å². The topological polar surface area (TPSA) is 116 Å². The molecule has 1 atom stereocenters. The molecule has 3 aliphatic rings. The molecule has 40 heavy (non-hydrogen) atoms. The fraction of sp³-hybridized carbons (Fsp3) is 0.433. The average molecular weight is 542 g/mol. The van der Waals surface area contributed by atoms with Crippen LogP contribution in [0.2, 0.25) is 0 Å². The van der Waals surface area contributed by atoms with Crippen LogP contribution in [0.5, 0.6) is 0 Å². The summed E-state index contributed by atoms with van der Waals surface area (Å²) >= 11 is 0. The number of nitrogens with zero attached hydrogens (tertiary/aromatic N) is 5. The molecule has 1 aromatic carbocycles. The van der Waals surface area contributed by atoms with E-state index in [1.165, 1.54) is 5.70 Å². The summed E-state index contributed by atoms with van der Waals surface area (Å²) in [5.41, 5.74) is 4.38. The van der Waals surface area contributed by atoms with E-state index in [-0.39, 0.29) is 11.8 Å². The summed E-state index contributed by atoms with van der Waals surface area (Å²) < 4.78 is 5.82. The molecule has 0 aliphatic carbocycles. The van der Waals surface area contributed by atoms with Gasteiger partial charge in [0.1, 0.15) is 5.69 Å². The van der Waals surface area contributed by atoms with E-state index in [0.29, 0.717) is 37.7 Å². The summed E-state index contributed by atoms with van der Waals surface area (Å²) in [5.74, 6) is 0.352. The van der Waals surface area contributed by atoms with Gasteiger partial charge in [-0.25, -0.2) is 0 Å².